The number of hydrogen-bond acceptors (Lipinski definition) is 5. The van der Waals surface area contributed by atoms with Gasteiger partial charge >= 0.3 is 0 Å². The van der Waals surface area contributed by atoms with E-state index in [4.69, 9.17) is 5.73 Å². The van der Waals surface area contributed by atoms with E-state index in [1.807, 2.05) is 0 Å². The maximum absolute atomic E-state index is 11.9. The van der Waals surface area contributed by atoms with E-state index >= 15 is 0 Å². The van der Waals surface area contributed by atoms with E-state index in [9.17, 15) is 4.79 Å². The molecular formula is C10H15N5O. The summed E-state index contributed by atoms with van der Waals surface area (Å²) in [5, 5.41) is 9.99. The molecule has 1 fully saturated rings. The van der Waals surface area contributed by atoms with Crippen LogP contribution in [0.4, 0.5) is 5.95 Å². The van der Waals surface area contributed by atoms with Crippen LogP contribution in [0, 0.1) is 5.92 Å². The lowest BCUT2D eigenvalue weighted by molar-refractivity contribution is -0.121. The SMILES string of the molecule is NC1CCCCC1C(=O)Nc1nccnn1. The number of nitrogens with one attached hydrogen (secondary N) is 1. The number of aromatic nitrogens is 3. The third-order valence-corrected chi connectivity index (χ3v) is 2.87. The van der Waals surface area contributed by atoms with Crippen molar-refractivity contribution in [2.45, 2.75) is 31.7 Å². The third-order valence-electron chi connectivity index (χ3n) is 2.87. The van der Waals surface area contributed by atoms with E-state index in [2.05, 4.69) is 20.5 Å². The van der Waals surface area contributed by atoms with E-state index < -0.39 is 0 Å². The van der Waals surface area contributed by atoms with Gasteiger partial charge in [0.1, 0.15) is 0 Å². The molecule has 86 valence electrons. The molecule has 1 aliphatic carbocycles. The van der Waals surface area contributed by atoms with E-state index in [1.54, 1.807) is 0 Å². The predicted molar refractivity (Wildman–Crippen MR) is 58.4 cm³/mol. The Morgan fingerprint density at radius 1 is 1.38 bits per heavy atom. The van der Waals surface area contributed by atoms with Crippen molar-refractivity contribution in [2.75, 3.05) is 5.32 Å². The van der Waals surface area contributed by atoms with Crippen LogP contribution in [0.1, 0.15) is 25.7 Å². The quantitative estimate of drug-likeness (QED) is 0.750. The standard InChI is InChI=1S/C10H15N5O/c11-8-4-2-1-3-7(8)9(16)14-10-12-5-6-13-15-10/h5-8H,1-4,11H2,(H,12,14,15,16). The Hall–Kier alpha value is -1.56. The molecule has 0 radical (unpaired) electrons. The normalized spacial score (nSPS) is 25.1. The lowest BCUT2D eigenvalue weighted by Gasteiger charge is -2.26. The topological polar surface area (TPSA) is 93.8 Å². The Labute approximate surface area is 93.7 Å². The first-order valence-corrected chi connectivity index (χ1v) is 5.47. The zero-order valence-corrected chi connectivity index (χ0v) is 8.97. The summed E-state index contributed by atoms with van der Waals surface area (Å²) in [7, 11) is 0. The molecule has 1 aromatic heterocycles. The minimum Gasteiger partial charge on any atom is -0.327 e. The maximum atomic E-state index is 11.9. The first-order valence-electron chi connectivity index (χ1n) is 5.47. The molecule has 1 aromatic rings. The third kappa shape index (κ3) is 2.52. The highest BCUT2D eigenvalue weighted by Crippen LogP contribution is 2.23. The molecule has 6 heteroatoms. The van der Waals surface area contributed by atoms with Crippen LogP contribution in [0.5, 0.6) is 0 Å². The number of carbonyl (C=O) groups is 1. The fourth-order valence-corrected chi connectivity index (χ4v) is 1.99. The van der Waals surface area contributed by atoms with E-state index in [1.165, 1.54) is 12.4 Å². The fraction of sp³-hybridized carbons (Fsp3) is 0.600. The van der Waals surface area contributed by atoms with Crippen molar-refractivity contribution in [3.8, 4) is 0 Å². The number of amides is 1. The van der Waals surface area contributed by atoms with Crippen molar-refractivity contribution in [3.05, 3.63) is 12.4 Å². The summed E-state index contributed by atoms with van der Waals surface area (Å²) in [6.07, 6.45) is 6.86. The summed E-state index contributed by atoms with van der Waals surface area (Å²) in [5.74, 6) is 0.0167. The van der Waals surface area contributed by atoms with Gasteiger partial charge in [0, 0.05) is 6.04 Å². The molecule has 1 saturated carbocycles. The summed E-state index contributed by atoms with van der Waals surface area (Å²) in [6.45, 7) is 0. The first-order chi connectivity index (χ1) is 7.77. The molecule has 2 rings (SSSR count). The van der Waals surface area contributed by atoms with Gasteiger partial charge in [-0.3, -0.25) is 10.1 Å². The van der Waals surface area contributed by atoms with Gasteiger partial charge in [-0.05, 0) is 12.8 Å². The molecule has 16 heavy (non-hydrogen) atoms. The van der Waals surface area contributed by atoms with Crippen LogP contribution in [0.15, 0.2) is 12.4 Å². The van der Waals surface area contributed by atoms with Crippen molar-refractivity contribution in [3.63, 3.8) is 0 Å². The van der Waals surface area contributed by atoms with Crippen molar-refractivity contribution in [2.24, 2.45) is 11.7 Å². The second kappa shape index (κ2) is 4.98. The average molecular weight is 221 g/mol. The highest BCUT2D eigenvalue weighted by molar-refractivity contribution is 5.91. The van der Waals surface area contributed by atoms with Gasteiger partial charge in [0.25, 0.3) is 0 Å². The zero-order valence-electron chi connectivity index (χ0n) is 8.97. The number of carbonyl (C=O) groups excluding carboxylic acids is 1. The van der Waals surface area contributed by atoms with Crippen LogP contribution in [-0.4, -0.2) is 27.1 Å². The molecule has 0 saturated heterocycles. The smallest absolute Gasteiger partial charge is 0.249 e. The molecule has 6 nitrogen and oxygen atoms in total. The first kappa shape index (κ1) is 10.9. The molecule has 0 aliphatic heterocycles. The fourth-order valence-electron chi connectivity index (χ4n) is 1.99. The summed E-state index contributed by atoms with van der Waals surface area (Å²) < 4.78 is 0. The van der Waals surface area contributed by atoms with Gasteiger partial charge in [0.15, 0.2) is 0 Å². The summed E-state index contributed by atoms with van der Waals surface area (Å²) in [5.41, 5.74) is 5.92. The number of nitrogens with zero attached hydrogens (tertiary/aromatic N) is 3. The van der Waals surface area contributed by atoms with Gasteiger partial charge in [-0.15, -0.1) is 5.10 Å². The molecule has 2 atom stereocenters. The summed E-state index contributed by atoms with van der Waals surface area (Å²) >= 11 is 0. The lowest BCUT2D eigenvalue weighted by Crippen LogP contribution is -2.41. The Bertz CT molecular complexity index is 355. The number of hydrogen-bond donors (Lipinski definition) is 2. The van der Waals surface area contributed by atoms with Crippen LogP contribution >= 0.6 is 0 Å². The molecule has 0 bridgehead atoms. The minimum absolute atomic E-state index is 0.0505. The van der Waals surface area contributed by atoms with Gasteiger partial charge in [-0.2, -0.15) is 5.10 Å². The Morgan fingerprint density at radius 3 is 2.88 bits per heavy atom. The van der Waals surface area contributed by atoms with Crippen LogP contribution in [0.3, 0.4) is 0 Å². The van der Waals surface area contributed by atoms with Crippen molar-refractivity contribution >= 4 is 11.9 Å². The molecule has 2 unspecified atom stereocenters. The summed E-state index contributed by atoms with van der Waals surface area (Å²) in [6, 6.07) is -0.0505. The molecule has 1 amide bonds. The van der Waals surface area contributed by atoms with Crippen LogP contribution < -0.4 is 11.1 Å². The average Bonchev–Trinajstić information content (AvgIpc) is 2.31. The van der Waals surface area contributed by atoms with Crippen molar-refractivity contribution < 1.29 is 4.79 Å². The molecule has 0 spiro atoms. The zero-order chi connectivity index (χ0) is 11.4. The molecule has 1 heterocycles. The molecule has 1 aliphatic rings. The largest absolute Gasteiger partial charge is 0.327 e. The Balaban J connectivity index is 1.97. The minimum atomic E-state index is -0.127. The van der Waals surface area contributed by atoms with Gasteiger partial charge < -0.3 is 5.73 Å². The molecular weight excluding hydrogens is 206 g/mol. The monoisotopic (exact) mass is 221 g/mol. The number of nitrogens with two attached hydrogens (primary N) is 1. The molecule has 3 N–H and O–H groups in total. The highest BCUT2D eigenvalue weighted by Gasteiger charge is 2.28. The van der Waals surface area contributed by atoms with E-state index in [0.717, 1.165) is 25.7 Å². The van der Waals surface area contributed by atoms with Gasteiger partial charge in [-0.25, -0.2) is 4.98 Å². The maximum Gasteiger partial charge on any atom is 0.249 e. The molecule has 0 aromatic carbocycles. The van der Waals surface area contributed by atoms with Crippen LogP contribution in [0.2, 0.25) is 0 Å². The number of anilines is 1. The van der Waals surface area contributed by atoms with Crippen molar-refractivity contribution in [1.29, 1.82) is 0 Å². The predicted octanol–water partition coefficient (Wildman–Crippen LogP) is 0.328. The second-order valence-corrected chi connectivity index (χ2v) is 4.01. The van der Waals surface area contributed by atoms with Crippen molar-refractivity contribution in [1.82, 2.24) is 15.2 Å². The van der Waals surface area contributed by atoms with E-state index in [0.29, 0.717) is 0 Å². The van der Waals surface area contributed by atoms with Gasteiger partial charge in [-0.1, -0.05) is 12.8 Å². The number of rotatable bonds is 2. The van der Waals surface area contributed by atoms with E-state index in [-0.39, 0.29) is 23.8 Å². The lowest BCUT2D eigenvalue weighted by atomic mass is 9.84. The second-order valence-electron chi connectivity index (χ2n) is 4.01. The highest BCUT2D eigenvalue weighted by atomic mass is 16.2. The summed E-state index contributed by atoms with van der Waals surface area (Å²) in [4.78, 5) is 15.8. The van der Waals surface area contributed by atoms with Gasteiger partial charge in [0.05, 0.1) is 18.3 Å². The van der Waals surface area contributed by atoms with Gasteiger partial charge in [0.2, 0.25) is 11.9 Å². The Kier molecular flexibility index (Phi) is 3.40. The Morgan fingerprint density at radius 2 is 2.19 bits per heavy atom. The van der Waals surface area contributed by atoms with Crippen LogP contribution in [-0.2, 0) is 4.79 Å². The van der Waals surface area contributed by atoms with Crippen LogP contribution in [0.25, 0.3) is 0 Å².